The fourth-order valence-electron chi connectivity index (χ4n) is 1.95. The van der Waals surface area contributed by atoms with Crippen LogP contribution in [-0.4, -0.2) is 32.5 Å². The average molecular weight is 304 g/mol. The lowest BCUT2D eigenvalue weighted by molar-refractivity contribution is 0.515. The highest BCUT2D eigenvalue weighted by Gasteiger charge is 2.24. The molecule has 0 radical (unpaired) electrons. The van der Waals surface area contributed by atoms with Crippen molar-refractivity contribution < 1.29 is 8.42 Å². The minimum atomic E-state index is -2.84. The Morgan fingerprint density at radius 2 is 2.25 bits per heavy atom. The molecule has 1 fully saturated rings. The molecule has 0 saturated carbocycles. The van der Waals surface area contributed by atoms with Gasteiger partial charge in [-0.1, -0.05) is 28.1 Å². The van der Waals surface area contributed by atoms with Crippen molar-refractivity contribution in [1.29, 1.82) is 0 Å². The normalized spacial score (nSPS) is 24.2. The smallest absolute Gasteiger partial charge is 0.153 e. The summed E-state index contributed by atoms with van der Waals surface area (Å²) in [4.78, 5) is 0. The maximum atomic E-state index is 11.5. The third-order valence-corrected chi connectivity index (χ3v) is 4.90. The maximum absolute atomic E-state index is 11.5. The molecule has 1 atom stereocenters. The third kappa shape index (κ3) is 3.30. The van der Waals surface area contributed by atoms with E-state index in [1.54, 1.807) is 0 Å². The van der Waals surface area contributed by atoms with E-state index in [1.165, 1.54) is 0 Å². The zero-order valence-electron chi connectivity index (χ0n) is 8.82. The molecule has 1 unspecified atom stereocenters. The highest BCUT2D eigenvalue weighted by Crippen LogP contribution is 2.14. The van der Waals surface area contributed by atoms with Crippen LogP contribution in [0.1, 0.15) is 5.56 Å². The second kappa shape index (κ2) is 4.85. The summed E-state index contributed by atoms with van der Waals surface area (Å²) in [6.45, 7) is 0.570. The summed E-state index contributed by atoms with van der Waals surface area (Å²) in [5.74, 6) is 0.515. The van der Waals surface area contributed by atoms with E-state index in [0.29, 0.717) is 6.54 Å². The zero-order valence-corrected chi connectivity index (χ0v) is 11.2. The highest BCUT2D eigenvalue weighted by atomic mass is 79.9. The lowest BCUT2D eigenvalue weighted by Crippen LogP contribution is -2.46. The predicted molar refractivity (Wildman–Crippen MR) is 68.3 cm³/mol. The fraction of sp³-hybridized carbons (Fsp3) is 0.455. The van der Waals surface area contributed by atoms with Gasteiger partial charge in [-0.2, -0.15) is 0 Å². The Kier molecular flexibility index (Phi) is 3.66. The molecule has 1 heterocycles. The van der Waals surface area contributed by atoms with Gasteiger partial charge in [0.1, 0.15) is 0 Å². The minimum Gasteiger partial charge on any atom is -0.312 e. The van der Waals surface area contributed by atoms with Gasteiger partial charge >= 0.3 is 0 Å². The van der Waals surface area contributed by atoms with Crippen LogP contribution >= 0.6 is 15.9 Å². The standard InChI is InChI=1S/C11H14BrNO2S/c12-10-3-1-2-9(6-10)7-11-8-16(14,15)5-4-13-11/h1-3,6,11,13H,4-5,7-8H2. The second-order valence-corrected chi connectivity index (χ2v) is 7.24. The van der Waals surface area contributed by atoms with Gasteiger partial charge in [0.25, 0.3) is 0 Å². The third-order valence-electron chi connectivity index (χ3n) is 2.67. The van der Waals surface area contributed by atoms with Crippen LogP contribution in [0.5, 0.6) is 0 Å². The van der Waals surface area contributed by atoms with Gasteiger partial charge in [-0.25, -0.2) is 8.42 Å². The summed E-state index contributed by atoms with van der Waals surface area (Å²) in [7, 11) is -2.84. The number of rotatable bonds is 2. The van der Waals surface area contributed by atoms with Crippen molar-refractivity contribution in [3.05, 3.63) is 34.3 Å². The van der Waals surface area contributed by atoms with Crippen LogP contribution in [0, 0.1) is 0 Å². The first-order valence-electron chi connectivity index (χ1n) is 5.23. The van der Waals surface area contributed by atoms with E-state index in [9.17, 15) is 8.42 Å². The topological polar surface area (TPSA) is 46.2 Å². The number of benzene rings is 1. The van der Waals surface area contributed by atoms with Gasteiger partial charge < -0.3 is 5.32 Å². The van der Waals surface area contributed by atoms with E-state index in [4.69, 9.17) is 0 Å². The first-order chi connectivity index (χ1) is 7.55. The van der Waals surface area contributed by atoms with Crippen LogP contribution in [0.2, 0.25) is 0 Å². The van der Waals surface area contributed by atoms with Gasteiger partial charge in [0.2, 0.25) is 0 Å². The SMILES string of the molecule is O=S1(=O)CCNC(Cc2cccc(Br)c2)C1. The van der Waals surface area contributed by atoms with Crippen molar-refractivity contribution >= 4 is 25.8 Å². The Labute approximate surface area is 104 Å². The molecule has 0 aromatic heterocycles. The minimum absolute atomic E-state index is 0.0491. The van der Waals surface area contributed by atoms with E-state index in [1.807, 2.05) is 24.3 Å². The van der Waals surface area contributed by atoms with Crippen molar-refractivity contribution in [2.75, 3.05) is 18.1 Å². The lowest BCUT2D eigenvalue weighted by Gasteiger charge is -2.23. The Bertz CT molecular complexity index is 473. The van der Waals surface area contributed by atoms with E-state index in [0.717, 1.165) is 16.5 Å². The number of halogens is 1. The molecule has 1 aromatic rings. The first kappa shape index (κ1) is 12.1. The van der Waals surface area contributed by atoms with Gasteiger partial charge in [-0.15, -0.1) is 0 Å². The number of sulfone groups is 1. The van der Waals surface area contributed by atoms with Crippen LogP contribution in [0.15, 0.2) is 28.7 Å². The van der Waals surface area contributed by atoms with E-state index >= 15 is 0 Å². The summed E-state index contributed by atoms with van der Waals surface area (Å²) in [5.41, 5.74) is 1.16. The van der Waals surface area contributed by atoms with Gasteiger partial charge in [0, 0.05) is 17.1 Å². The quantitative estimate of drug-likeness (QED) is 0.898. The fourth-order valence-corrected chi connectivity index (χ4v) is 3.84. The Balaban J connectivity index is 2.05. The zero-order chi connectivity index (χ0) is 11.6. The van der Waals surface area contributed by atoms with Crippen molar-refractivity contribution in [2.24, 2.45) is 0 Å². The van der Waals surface area contributed by atoms with Gasteiger partial charge in [0.05, 0.1) is 11.5 Å². The number of hydrogen-bond acceptors (Lipinski definition) is 3. The van der Waals surface area contributed by atoms with E-state index in [-0.39, 0.29) is 17.5 Å². The number of hydrogen-bond donors (Lipinski definition) is 1. The molecule has 2 rings (SSSR count). The van der Waals surface area contributed by atoms with Crippen LogP contribution in [0.4, 0.5) is 0 Å². The van der Waals surface area contributed by atoms with E-state index in [2.05, 4.69) is 21.2 Å². The van der Waals surface area contributed by atoms with Crippen molar-refractivity contribution in [3.63, 3.8) is 0 Å². The predicted octanol–water partition coefficient (Wildman–Crippen LogP) is 1.38. The van der Waals surface area contributed by atoms with Crippen LogP contribution < -0.4 is 5.32 Å². The van der Waals surface area contributed by atoms with Crippen molar-refractivity contribution in [3.8, 4) is 0 Å². The summed E-state index contributed by atoms with van der Waals surface area (Å²) in [6.07, 6.45) is 0.763. The molecule has 16 heavy (non-hydrogen) atoms. The molecule has 3 nitrogen and oxygen atoms in total. The Morgan fingerprint density at radius 3 is 2.94 bits per heavy atom. The van der Waals surface area contributed by atoms with Gasteiger partial charge in [-0.3, -0.25) is 0 Å². The maximum Gasteiger partial charge on any atom is 0.153 e. The molecular weight excluding hydrogens is 290 g/mol. The lowest BCUT2D eigenvalue weighted by atomic mass is 10.1. The van der Waals surface area contributed by atoms with E-state index < -0.39 is 9.84 Å². The molecule has 5 heteroatoms. The molecule has 1 aliphatic heterocycles. The first-order valence-corrected chi connectivity index (χ1v) is 7.85. The van der Waals surface area contributed by atoms with Crippen molar-refractivity contribution in [2.45, 2.75) is 12.5 Å². The Hall–Kier alpha value is -0.390. The van der Waals surface area contributed by atoms with Crippen LogP contribution in [0.3, 0.4) is 0 Å². The van der Waals surface area contributed by atoms with Crippen molar-refractivity contribution in [1.82, 2.24) is 5.32 Å². The number of nitrogens with one attached hydrogen (secondary N) is 1. The molecule has 0 amide bonds. The Morgan fingerprint density at radius 1 is 1.44 bits per heavy atom. The average Bonchev–Trinajstić information content (AvgIpc) is 2.15. The summed E-state index contributed by atoms with van der Waals surface area (Å²) in [6, 6.07) is 8.04. The largest absolute Gasteiger partial charge is 0.312 e. The molecule has 88 valence electrons. The monoisotopic (exact) mass is 303 g/mol. The second-order valence-electron chi connectivity index (χ2n) is 4.10. The molecule has 0 bridgehead atoms. The van der Waals surface area contributed by atoms with Crippen LogP contribution in [0.25, 0.3) is 0 Å². The molecule has 0 aliphatic carbocycles. The molecule has 1 saturated heterocycles. The molecule has 1 aliphatic rings. The van der Waals surface area contributed by atoms with Crippen LogP contribution in [-0.2, 0) is 16.3 Å². The molecule has 1 N–H and O–H groups in total. The summed E-state index contributed by atoms with van der Waals surface area (Å²) < 4.78 is 24.0. The van der Waals surface area contributed by atoms with Gasteiger partial charge in [-0.05, 0) is 24.1 Å². The summed E-state index contributed by atoms with van der Waals surface area (Å²) in [5, 5.41) is 3.25. The van der Waals surface area contributed by atoms with Gasteiger partial charge in [0.15, 0.2) is 9.84 Å². The summed E-state index contributed by atoms with van der Waals surface area (Å²) >= 11 is 3.41. The molecular formula is C11H14BrNO2S. The molecule has 0 spiro atoms. The highest BCUT2D eigenvalue weighted by molar-refractivity contribution is 9.10. The molecule has 1 aromatic carbocycles.